The molecule has 6 nitrogen and oxygen atoms in total. The zero-order valence-corrected chi connectivity index (χ0v) is 13.9. The van der Waals surface area contributed by atoms with Gasteiger partial charge < -0.3 is 0 Å². The third kappa shape index (κ3) is 3.33. The van der Waals surface area contributed by atoms with Crippen LogP contribution in [0.15, 0.2) is 65.3 Å². The van der Waals surface area contributed by atoms with Crippen molar-refractivity contribution in [1.82, 2.24) is 0 Å². The molecule has 0 spiro atoms. The summed E-state index contributed by atoms with van der Waals surface area (Å²) in [5, 5.41) is 16.6. The Morgan fingerprint density at radius 2 is 1.72 bits per heavy atom. The topological polar surface area (TPSA) is 75.8 Å². The van der Waals surface area contributed by atoms with E-state index >= 15 is 0 Å². The van der Waals surface area contributed by atoms with E-state index in [1.165, 1.54) is 17.1 Å². The van der Waals surface area contributed by atoms with Crippen molar-refractivity contribution in [3.63, 3.8) is 0 Å². The number of benzene rings is 2. The van der Waals surface area contributed by atoms with Crippen LogP contribution in [0.4, 0.5) is 11.4 Å². The molecule has 0 unspecified atom stereocenters. The predicted molar refractivity (Wildman–Crippen MR) is 97.3 cm³/mol. The molecule has 126 valence electrons. The van der Waals surface area contributed by atoms with E-state index in [0.717, 1.165) is 5.56 Å². The summed E-state index contributed by atoms with van der Waals surface area (Å²) in [5.41, 5.74) is 2.65. The lowest BCUT2D eigenvalue weighted by Gasteiger charge is -2.10. The summed E-state index contributed by atoms with van der Waals surface area (Å²) in [4.78, 5) is 23.1. The Hall–Kier alpha value is -3.28. The number of carbonyl (C=O) groups excluding carboxylic acids is 1. The first kappa shape index (κ1) is 16.6. The van der Waals surface area contributed by atoms with Crippen molar-refractivity contribution in [3.8, 4) is 0 Å². The summed E-state index contributed by atoms with van der Waals surface area (Å²) in [5.74, 6) is -0.129. The van der Waals surface area contributed by atoms with E-state index in [2.05, 4.69) is 5.10 Å². The molecule has 3 rings (SSSR count). The Morgan fingerprint density at radius 1 is 1.08 bits per heavy atom. The molecule has 0 radical (unpaired) electrons. The Balaban J connectivity index is 1.98. The molecule has 0 atom stereocenters. The molecule has 0 N–H and O–H groups in total. The lowest BCUT2D eigenvalue weighted by Crippen LogP contribution is -2.21. The van der Waals surface area contributed by atoms with Crippen LogP contribution in [-0.4, -0.2) is 16.5 Å². The minimum Gasteiger partial charge on any atom is -0.267 e. The van der Waals surface area contributed by atoms with Gasteiger partial charge in [0.25, 0.3) is 11.6 Å². The van der Waals surface area contributed by atoms with Gasteiger partial charge in [-0.05, 0) is 41.8 Å². The normalized spacial score (nSPS) is 15.8. The number of non-ortho nitro benzene ring substituents is 1. The lowest BCUT2D eigenvalue weighted by molar-refractivity contribution is -0.384. The second-order valence-corrected chi connectivity index (χ2v) is 6.00. The number of hydrazone groups is 1. The highest BCUT2D eigenvalue weighted by atomic mass is 16.6. The maximum Gasteiger partial charge on any atom is 0.280 e. The fourth-order valence-electron chi connectivity index (χ4n) is 2.60. The van der Waals surface area contributed by atoms with Gasteiger partial charge in [0, 0.05) is 12.1 Å². The largest absolute Gasteiger partial charge is 0.280 e. The van der Waals surface area contributed by atoms with Crippen LogP contribution in [0.3, 0.4) is 0 Å². The molecule has 0 aliphatic carbocycles. The first-order chi connectivity index (χ1) is 12.0. The first-order valence-corrected chi connectivity index (χ1v) is 7.92. The smallest absolute Gasteiger partial charge is 0.267 e. The number of anilines is 1. The summed E-state index contributed by atoms with van der Waals surface area (Å²) >= 11 is 0. The fraction of sp³-hybridized carbons (Fsp3) is 0.158. The van der Waals surface area contributed by atoms with Gasteiger partial charge in [-0.2, -0.15) is 10.1 Å². The standard InChI is InChI=1S/C19H17N3O3/c1-13(2)18-17(12-14-8-10-16(11-9-14)22(24)25)19(23)21(20-18)15-6-4-3-5-7-15/h3-13H,1-2H3/b17-12-. The molecule has 0 bridgehead atoms. The molecular formula is C19H17N3O3. The van der Waals surface area contributed by atoms with E-state index in [0.29, 0.717) is 17.0 Å². The van der Waals surface area contributed by atoms with Crippen molar-refractivity contribution < 1.29 is 9.72 Å². The first-order valence-electron chi connectivity index (χ1n) is 7.92. The second-order valence-electron chi connectivity index (χ2n) is 6.00. The van der Waals surface area contributed by atoms with Crippen LogP contribution in [-0.2, 0) is 4.79 Å². The van der Waals surface area contributed by atoms with Crippen molar-refractivity contribution in [2.24, 2.45) is 11.0 Å². The number of hydrogen-bond acceptors (Lipinski definition) is 4. The van der Waals surface area contributed by atoms with E-state index < -0.39 is 4.92 Å². The third-order valence-corrected chi connectivity index (χ3v) is 3.87. The molecule has 1 amide bonds. The SMILES string of the molecule is CC(C)C1=NN(c2ccccc2)C(=O)/C1=C\c1ccc([N+](=O)[O-])cc1. The summed E-state index contributed by atoms with van der Waals surface area (Å²) in [6, 6.07) is 15.3. The van der Waals surface area contributed by atoms with Crippen molar-refractivity contribution in [2.75, 3.05) is 5.01 Å². The van der Waals surface area contributed by atoms with E-state index in [9.17, 15) is 14.9 Å². The predicted octanol–water partition coefficient (Wildman–Crippen LogP) is 4.04. The van der Waals surface area contributed by atoms with Crippen LogP contribution < -0.4 is 5.01 Å². The minimum atomic E-state index is -0.449. The van der Waals surface area contributed by atoms with Crippen LogP contribution in [0.5, 0.6) is 0 Å². The van der Waals surface area contributed by atoms with Crippen molar-refractivity contribution in [3.05, 3.63) is 75.8 Å². The summed E-state index contributed by atoms with van der Waals surface area (Å²) in [6.45, 7) is 3.95. The highest BCUT2D eigenvalue weighted by molar-refractivity contribution is 6.33. The van der Waals surface area contributed by atoms with Crippen molar-refractivity contribution >= 4 is 29.1 Å². The van der Waals surface area contributed by atoms with Crippen LogP contribution >= 0.6 is 0 Å². The number of nitro benzene ring substituents is 1. The van der Waals surface area contributed by atoms with Gasteiger partial charge >= 0.3 is 0 Å². The molecular weight excluding hydrogens is 318 g/mol. The van der Waals surface area contributed by atoms with Crippen LogP contribution in [0, 0.1) is 16.0 Å². The summed E-state index contributed by atoms with van der Waals surface area (Å²) in [7, 11) is 0. The monoisotopic (exact) mass is 335 g/mol. The molecule has 25 heavy (non-hydrogen) atoms. The molecule has 1 heterocycles. The quantitative estimate of drug-likeness (QED) is 0.481. The highest BCUT2D eigenvalue weighted by Crippen LogP contribution is 2.27. The zero-order valence-electron chi connectivity index (χ0n) is 13.9. The zero-order chi connectivity index (χ0) is 18.0. The number of nitrogens with zero attached hydrogens (tertiary/aromatic N) is 3. The van der Waals surface area contributed by atoms with Gasteiger partial charge in [0.05, 0.1) is 21.9 Å². The number of nitro groups is 1. The highest BCUT2D eigenvalue weighted by Gasteiger charge is 2.32. The molecule has 2 aromatic rings. The maximum atomic E-state index is 12.8. The van der Waals surface area contributed by atoms with Gasteiger partial charge in [0.2, 0.25) is 0 Å². The molecule has 1 aliphatic heterocycles. The Kier molecular flexibility index (Phi) is 4.43. The second kappa shape index (κ2) is 6.68. The number of hydrogen-bond donors (Lipinski definition) is 0. The molecule has 6 heteroatoms. The van der Waals surface area contributed by atoms with Crippen LogP contribution in [0.1, 0.15) is 19.4 Å². The molecule has 0 aromatic heterocycles. The average molecular weight is 335 g/mol. The summed E-state index contributed by atoms with van der Waals surface area (Å²) in [6.07, 6.45) is 1.73. The van der Waals surface area contributed by atoms with Gasteiger partial charge in [-0.15, -0.1) is 0 Å². The van der Waals surface area contributed by atoms with Crippen molar-refractivity contribution in [1.29, 1.82) is 0 Å². The van der Waals surface area contributed by atoms with Crippen molar-refractivity contribution in [2.45, 2.75) is 13.8 Å². The molecule has 0 fully saturated rings. The van der Waals surface area contributed by atoms with E-state index in [-0.39, 0.29) is 17.5 Å². The number of amides is 1. The fourth-order valence-corrected chi connectivity index (χ4v) is 2.60. The van der Waals surface area contributed by atoms with Crippen LogP contribution in [0.2, 0.25) is 0 Å². The van der Waals surface area contributed by atoms with Gasteiger partial charge in [0.15, 0.2) is 0 Å². The van der Waals surface area contributed by atoms with E-state index in [1.807, 2.05) is 44.2 Å². The van der Waals surface area contributed by atoms with E-state index in [1.54, 1.807) is 18.2 Å². The number of rotatable bonds is 4. The van der Waals surface area contributed by atoms with Gasteiger partial charge in [-0.3, -0.25) is 14.9 Å². The molecule has 1 aliphatic rings. The van der Waals surface area contributed by atoms with E-state index in [4.69, 9.17) is 0 Å². The molecule has 0 saturated carbocycles. The van der Waals surface area contributed by atoms with Gasteiger partial charge in [-0.25, -0.2) is 0 Å². The Bertz CT molecular complexity index is 869. The van der Waals surface area contributed by atoms with Gasteiger partial charge in [-0.1, -0.05) is 32.0 Å². The summed E-state index contributed by atoms with van der Waals surface area (Å²) < 4.78 is 0. The third-order valence-electron chi connectivity index (χ3n) is 3.87. The van der Waals surface area contributed by atoms with Gasteiger partial charge in [0.1, 0.15) is 0 Å². The molecule has 0 saturated heterocycles. The minimum absolute atomic E-state index is 0.0172. The number of para-hydroxylation sites is 1. The maximum absolute atomic E-state index is 12.8. The Morgan fingerprint density at radius 3 is 2.28 bits per heavy atom. The molecule has 2 aromatic carbocycles. The average Bonchev–Trinajstić information content (AvgIpc) is 2.93. The number of carbonyl (C=O) groups is 1. The van der Waals surface area contributed by atoms with Crippen LogP contribution in [0.25, 0.3) is 6.08 Å². The lowest BCUT2D eigenvalue weighted by atomic mass is 9.98. The Labute approximate surface area is 145 Å².